The molecule has 2 amide bonds. The van der Waals surface area contributed by atoms with Gasteiger partial charge < -0.3 is 4.90 Å². The molecule has 4 aromatic rings. The van der Waals surface area contributed by atoms with E-state index in [2.05, 4.69) is 56.3 Å². The number of hydrogen-bond acceptors (Lipinski definition) is 4. The first-order chi connectivity index (χ1) is 19.0. The molecule has 2 aliphatic rings. The molecule has 3 aromatic carbocycles. The number of carbonyl (C=O) groups is 2. The Morgan fingerprint density at radius 2 is 1.69 bits per heavy atom. The molecule has 6 nitrogen and oxygen atoms in total. The average molecular weight is 537 g/mol. The number of aromatic nitrogens is 2. The summed E-state index contributed by atoms with van der Waals surface area (Å²) in [5.74, 6) is 0.892. The molecule has 3 heterocycles. The lowest BCUT2D eigenvalue weighted by Crippen LogP contribution is -2.43. The lowest BCUT2D eigenvalue weighted by molar-refractivity contribution is -0.130. The molecule has 0 saturated carbocycles. The topological polar surface area (TPSA) is 58.4 Å². The maximum atomic E-state index is 13.9. The van der Waals surface area contributed by atoms with E-state index in [1.165, 1.54) is 5.56 Å². The molecule has 1 aromatic heterocycles. The number of aryl methyl sites for hydroxylation is 2. The third-order valence-corrected chi connectivity index (χ3v) is 8.83. The summed E-state index contributed by atoms with van der Waals surface area (Å²) in [5.41, 5.74) is 7.03. The van der Waals surface area contributed by atoms with Crippen molar-refractivity contribution in [2.24, 2.45) is 0 Å². The first-order valence-corrected chi connectivity index (χ1v) is 14.6. The van der Waals surface area contributed by atoms with Gasteiger partial charge in [0.15, 0.2) is 0 Å². The van der Waals surface area contributed by atoms with Crippen LogP contribution in [-0.4, -0.2) is 51.9 Å². The zero-order chi connectivity index (χ0) is 26.9. The van der Waals surface area contributed by atoms with Crippen LogP contribution < -0.4 is 4.90 Å². The van der Waals surface area contributed by atoms with Crippen molar-refractivity contribution < 1.29 is 9.59 Å². The maximum Gasteiger partial charge on any atom is 0.242 e. The number of amides is 2. The average Bonchev–Trinajstić information content (AvgIpc) is 3.59. The molecule has 6 rings (SSSR count). The van der Waals surface area contributed by atoms with E-state index < -0.39 is 0 Å². The van der Waals surface area contributed by atoms with Crippen LogP contribution in [0.15, 0.2) is 78.9 Å². The summed E-state index contributed by atoms with van der Waals surface area (Å²) in [4.78, 5) is 30.9. The van der Waals surface area contributed by atoms with Gasteiger partial charge >= 0.3 is 0 Å². The molecule has 0 bridgehead atoms. The van der Waals surface area contributed by atoms with Crippen LogP contribution in [0.2, 0.25) is 0 Å². The van der Waals surface area contributed by atoms with Gasteiger partial charge in [-0.1, -0.05) is 78.4 Å². The fraction of sp³-hybridized carbons (Fsp3) is 0.281. The molecule has 39 heavy (non-hydrogen) atoms. The quantitative estimate of drug-likeness (QED) is 0.316. The summed E-state index contributed by atoms with van der Waals surface area (Å²) in [7, 11) is 0. The predicted molar refractivity (Wildman–Crippen MR) is 157 cm³/mol. The first kappa shape index (κ1) is 25.4. The van der Waals surface area contributed by atoms with Gasteiger partial charge in [0.1, 0.15) is 12.4 Å². The fourth-order valence-electron chi connectivity index (χ4n) is 5.60. The van der Waals surface area contributed by atoms with Crippen molar-refractivity contribution >= 4 is 29.4 Å². The van der Waals surface area contributed by atoms with Gasteiger partial charge in [0.05, 0.1) is 22.4 Å². The summed E-state index contributed by atoms with van der Waals surface area (Å²) < 4.78 is 1.90. The lowest BCUT2D eigenvalue weighted by atomic mass is 9.98. The van der Waals surface area contributed by atoms with Crippen LogP contribution in [0.5, 0.6) is 0 Å². The maximum absolute atomic E-state index is 13.9. The number of nitrogens with zero attached hydrogens (tertiary/aromatic N) is 4. The number of hydrogen-bond donors (Lipinski definition) is 0. The molecule has 1 saturated heterocycles. The van der Waals surface area contributed by atoms with Crippen LogP contribution in [0.25, 0.3) is 16.9 Å². The Hall–Kier alpha value is -3.84. The van der Waals surface area contributed by atoms with Crippen molar-refractivity contribution in [1.29, 1.82) is 0 Å². The Morgan fingerprint density at radius 3 is 2.44 bits per heavy atom. The molecule has 0 unspecified atom stereocenters. The Morgan fingerprint density at radius 1 is 0.949 bits per heavy atom. The van der Waals surface area contributed by atoms with Gasteiger partial charge in [-0.2, -0.15) is 5.10 Å². The minimum Gasteiger partial charge on any atom is -0.341 e. The lowest BCUT2D eigenvalue weighted by Gasteiger charge is -2.26. The second-order valence-corrected chi connectivity index (χ2v) is 11.4. The summed E-state index contributed by atoms with van der Waals surface area (Å²) in [6.07, 6.45) is 2.02. The molecular weight excluding hydrogens is 504 g/mol. The second kappa shape index (κ2) is 10.7. The number of anilines is 1. The highest BCUT2D eigenvalue weighted by atomic mass is 32.2. The van der Waals surface area contributed by atoms with Gasteiger partial charge in [-0.15, -0.1) is 11.8 Å². The standard InChI is InChI=1S/C32H32N4O2S/c1-22-11-10-15-25(19-22)31-29-30(24-13-4-3-5-14-24)33-36(26-16-7-6-12-23(26)2)32(29)35(28(38)21-39-31)20-27(37)34-17-8-9-18-34/h3-7,10-16,19,31H,8-9,17-18,20-21H2,1-2H3/t31-/m1/s1. The summed E-state index contributed by atoms with van der Waals surface area (Å²) >= 11 is 1.61. The van der Waals surface area contributed by atoms with Crippen molar-refractivity contribution in [3.63, 3.8) is 0 Å². The molecule has 7 heteroatoms. The predicted octanol–water partition coefficient (Wildman–Crippen LogP) is 5.95. The van der Waals surface area contributed by atoms with E-state index in [0.29, 0.717) is 5.82 Å². The van der Waals surface area contributed by atoms with Crippen molar-refractivity contribution in [3.8, 4) is 16.9 Å². The van der Waals surface area contributed by atoms with Crippen molar-refractivity contribution in [2.45, 2.75) is 31.9 Å². The van der Waals surface area contributed by atoms with Gasteiger partial charge in [0.25, 0.3) is 0 Å². The Labute approximate surface area is 233 Å². The van der Waals surface area contributed by atoms with Crippen LogP contribution in [0.4, 0.5) is 5.82 Å². The normalized spacial score (nSPS) is 17.3. The highest BCUT2D eigenvalue weighted by Crippen LogP contribution is 2.48. The van der Waals surface area contributed by atoms with Crippen LogP contribution >= 0.6 is 11.8 Å². The summed E-state index contributed by atoms with van der Waals surface area (Å²) in [5, 5.41) is 5.09. The van der Waals surface area contributed by atoms with Gasteiger partial charge in [-0.3, -0.25) is 14.5 Å². The molecule has 0 radical (unpaired) electrons. The van der Waals surface area contributed by atoms with Gasteiger partial charge in [0, 0.05) is 24.2 Å². The number of likely N-dealkylation sites (tertiary alicyclic amines) is 1. The Balaban J connectivity index is 1.62. The Kier molecular flexibility index (Phi) is 7.00. The third-order valence-electron chi connectivity index (χ3n) is 7.58. The van der Waals surface area contributed by atoms with Gasteiger partial charge in [0.2, 0.25) is 11.8 Å². The third kappa shape index (κ3) is 4.87. The van der Waals surface area contributed by atoms with E-state index in [-0.39, 0.29) is 29.4 Å². The number of carbonyl (C=O) groups excluding carboxylic acids is 2. The second-order valence-electron chi connectivity index (χ2n) is 10.3. The number of para-hydroxylation sites is 1. The van der Waals surface area contributed by atoms with Crippen LogP contribution in [-0.2, 0) is 9.59 Å². The molecule has 1 fully saturated rings. The zero-order valence-corrected chi connectivity index (χ0v) is 23.2. The molecule has 198 valence electrons. The highest BCUT2D eigenvalue weighted by Gasteiger charge is 2.38. The van der Waals surface area contributed by atoms with Crippen LogP contribution in [0.3, 0.4) is 0 Å². The zero-order valence-electron chi connectivity index (χ0n) is 22.3. The molecule has 2 aliphatic heterocycles. The van der Waals surface area contributed by atoms with Crippen molar-refractivity contribution in [2.75, 3.05) is 30.3 Å². The SMILES string of the molecule is Cc1cccc([C@H]2SCC(=O)N(CC(=O)N3CCCC3)c3c2c(-c2ccccc2)nn3-c2ccccc2C)c1. The van der Waals surface area contributed by atoms with Gasteiger partial charge in [-0.05, 0) is 43.9 Å². The monoisotopic (exact) mass is 536 g/mol. The van der Waals surface area contributed by atoms with Crippen LogP contribution in [0, 0.1) is 13.8 Å². The Bertz CT molecular complexity index is 1520. The molecule has 0 N–H and O–H groups in total. The van der Waals surface area contributed by atoms with Crippen molar-refractivity contribution in [1.82, 2.24) is 14.7 Å². The van der Waals surface area contributed by atoms with Crippen LogP contribution in [0.1, 0.15) is 40.3 Å². The number of benzene rings is 3. The summed E-state index contributed by atoms with van der Waals surface area (Å²) in [6.45, 7) is 5.66. The number of rotatable bonds is 5. The van der Waals surface area contributed by atoms with Crippen molar-refractivity contribution in [3.05, 3.63) is 101 Å². The summed E-state index contributed by atoms with van der Waals surface area (Å²) in [6, 6.07) is 26.7. The molecule has 1 atom stereocenters. The van der Waals surface area contributed by atoms with E-state index in [0.717, 1.165) is 59.6 Å². The molecule has 0 spiro atoms. The fourth-order valence-corrected chi connectivity index (χ4v) is 6.78. The van der Waals surface area contributed by atoms with E-state index in [4.69, 9.17) is 5.10 Å². The largest absolute Gasteiger partial charge is 0.341 e. The molecule has 0 aliphatic carbocycles. The smallest absolute Gasteiger partial charge is 0.242 e. The first-order valence-electron chi connectivity index (χ1n) is 13.5. The van der Waals surface area contributed by atoms with E-state index >= 15 is 0 Å². The highest BCUT2D eigenvalue weighted by molar-refractivity contribution is 8.00. The minimum atomic E-state index is -0.122. The van der Waals surface area contributed by atoms with E-state index in [9.17, 15) is 9.59 Å². The van der Waals surface area contributed by atoms with Gasteiger partial charge in [-0.25, -0.2) is 4.68 Å². The number of fused-ring (bicyclic) bond motifs is 1. The minimum absolute atomic E-state index is 0.00963. The molecular formula is C32H32N4O2S. The number of thioether (sulfide) groups is 1. The van der Waals surface area contributed by atoms with E-state index in [1.807, 2.05) is 46.0 Å². The van der Waals surface area contributed by atoms with E-state index in [1.54, 1.807) is 16.7 Å².